The van der Waals surface area contributed by atoms with Gasteiger partial charge < -0.3 is 5.73 Å². The van der Waals surface area contributed by atoms with Crippen LogP contribution >= 0.6 is 27.3 Å². The van der Waals surface area contributed by atoms with E-state index in [-0.39, 0.29) is 6.04 Å². The summed E-state index contributed by atoms with van der Waals surface area (Å²) >= 11 is 5.34. The Hall–Kier alpha value is 0.1000. The molecule has 1 aromatic heterocycles. The van der Waals surface area contributed by atoms with E-state index in [0.717, 1.165) is 13.1 Å². The zero-order valence-electron chi connectivity index (χ0n) is 10.9. The molecule has 0 saturated carbocycles. The number of hydrogen-bond acceptors (Lipinski definition) is 3. The van der Waals surface area contributed by atoms with Crippen molar-refractivity contribution < 1.29 is 0 Å². The van der Waals surface area contributed by atoms with Crippen molar-refractivity contribution in [1.29, 1.82) is 0 Å². The van der Waals surface area contributed by atoms with Gasteiger partial charge in [-0.3, -0.25) is 4.90 Å². The molecule has 1 heterocycles. The van der Waals surface area contributed by atoms with Crippen LogP contribution in [-0.2, 0) is 0 Å². The number of rotatable bonds is 7. The summed E-state index contributed by atoms with van der Waals surface area (Å²) in [4.78, 5) is 3.89. The van der Waals surface area contributed by atoms with Crippen molar-refractivity contribution in [2.24, 2.45) is 5.73 Å². The molecule has 0 radical (unpaired) electrons. The van der Waals surface area contributed by atoms with Gasteiger partial charge in [0, 0.05) is 10.9 Å². The lowest BCUT2D eigenvalue weighted by Crippen LogP contribution is -2.40. The molecule has 98 valence electrons. The lowest BCUT2D eigenvalue weighted by atomic mass is 10.1. The standard InChI is InChI=1S/C13H23BrN2S/c1-4-8-16(9-5-2)13(10(3)15)11-6-7-12(14)17-11/h6-7,10,13H,4-5,8-9,15H2,1-3H3. The molecule has 2 unspecified atom stereocenters. The Morgan fingerprint density at radius 2 is 1.88 bits per heavy atom. The van der Waals surface area contributed by atoms with Crippen molar-refractivity contribution in [2.75, 3.05) is 13.1 Å². The van der Waals surface area contributed by atoms with Crippen molar-refractivity contribution in [2.45, 2.75) is 45.7 Å². The third kappa shape index (κ3) is 4.36. The molecule has 0 aromatic carbocycles. The van der Waals surface area contributed by atoms with E-state index in [1.165, 1.54) is 21.5 Å². The second kappa shape index (κ2) is 7.52. The fourth-order valence-corrected chi connectivity index (χ4v) is 3.90. The molecule has 2 N–H and O–H groups in total. The maximum Gasteiger partial charge on any atom is 0.0702 e. The number of nitrogens with zero attached hydrogens (tertiary/aromatic N) is 1. The van der Waals surface area contributed by atoms with E-state index in [1.54, 1.807) is 11.3 Å². The van der Waals surface area contributed by atoms with Crippen molar-refractivity contribution in [3.63, 3.8) is 0 Å². The van der Waals surface area contributed by atoms with E-state index in [4.69, 9.17) is 5.73 Å². The van der Waals surface area contributed by atoms with Gasteiger partial charge in [0.1, 0.15) is 0 Å². The van der Waals surface area contributed by atoms with Gasteiger partial charge in [0.2, 0.25) is 0 Å². The number of nitrogens with two attached hydrogens (primary N) is 1. The third-order valence-electron chi connectivity index (χ3n) is 2.80. The topological polar surface area (TPSA) is 29.3 Å². The van der Waals surface area contributed by atoms with Gasteiger partial charge in [-0.15, -0.1) is 11.3 Å². The van der Waals surface area contributed by atoms with E-state index in [1.807, 2.05) is 0 Å². The molecular weight excluding hydrogens is 296 g/mol. The van der Waals surface area contributed by atoms with Gasteiger partial charge >= 0.3 is 0 Å². The zero-order chi connectivity index (χ0) is 12.8. The molecule has 0 saturated heterocycles. The second-order valence-corrected chi connectivity index (χ2v) is 6.98. The van der Waals surface area contributed by atoms with Crippen molar-refractivity contribution >= 4 is 27.3 Å². The molecule has 1 rings (SSSR count). The van der Waals surface area contributed by atoms with E-state index < -0.39 is 0 Å². The fourth-order valence-electron chi connectivity index (χ4n) is 2.22. The van der Waals surface area contributed by atoms with Crippen LogP contribution in [0.2, 0.25) is 0 Å². The van der Waals surface area contributed by atoms with Gasteiger partial charge in [-0.05, 0) is 60.9 Å². The van der Waals surface area contributed by atoms with E-state index in [9.17, 15) is 0 Å². The maximum absolute atomic E-state index is 6.19. The van der Waals surface area contributed by atoms with Crippen molar-refractivity contribution in [3.05, 3.63) is 20.8 Å². The van der Waals surface area contributed by atoms with Gasteiger partial charge in [-0.25, -0.2) is 0 Å². The minimum atomic E-state index is 0.165. The predicted octanol–water partition coefficient (Wildman–Crippen LogP) is 4.02. The van der Waals surface area contributed by atoms with Crippen LogP contribution in [0.1, 0.15) is 44.5 Å². The first-order valence-electron chi connectivity index (χ1n) is 6.35. The summed E-state index contributed by atoms with van der Waals surface area (Å²) in [5, 5.41) is 0. The fraction of sp³-hybridized carbons (Fsp3) is 0.692. The van der Waals surface area contributed by atoms with Crippen LogP contribution in [-0.4, -0.2) is 24.0 Å². The molecule has 2 atom stereocenters. The Labute approximate surface area is 117 Å². The highest BCUT2D eigenvalue weighted by Gasteiger charge is 2.24. The molecule has 1 aromatic rings. The molecule has 0 aliphatic rings. The minimum absolute atomic E-state index is 0.165. The summed E-state index contributed by atoms with van der Waals surface area (Å²) in [6.07, 6.45) is 2.35. The van der Waals surface area contributed by atoms with Crippen LogP contribution in [0, 0.1) is 0 Å². The van der Waals surface area contributed by atoms with Crippen LogP contribution < -0.4 is 5.73 Å². The monoisotopic (exact) mass is 318 g/mol. The lowest BCUT2D eigenvalue weighted by Gasteiger charge is -2.33. The average molecular weight is 319 g/mol. The second-order valence-electron chi connectivity index (χ2n) is 4.48. The normalized spacial score (nSPS) is 15.2. The van der Waals surface area contributed by atoms with Crippen LogP contribution in [0.25, 0.3) is 0 Å². The predicted molar refractivity (Wildman–Crippen MR) is 80.6 cm³/mol. The molecule has 0 aliphatic carbocycles. The summed E-state index contributed by atoms with van der Waals surface area (Å²) < 4.78 is 1.19. The van der Waals surface area contributed by atoms with Crippen molar-refractivity contribution in [1.82, 2.24) is 4.90 Å². The van der Waals surface area contributed by atoms with E-state index in [0.29, 0.717) is 6.04 Å². The quantitative estimate of drug-likeness (QED) is 0.822. The number of halogens is 1. The molecule has 0 fully saturated rings. The van der Waals surface area contributed by atoms with Gasteiger partial charge in [-0.2, -0.15) is 0 Å². The largest absolute Gasteiger partial charge is 0.326 e. The molecule has 0 bridgehead atoms. The Morgan fingerprint density at radius 3 is 2.24 bits per heavy atom. The summed E-state index contributed by atoms with van der Waals surface area (Å²) in [5.41, 5.74) is 6.19. The SMILES string of the molecule is CCCN(CCC)C(c1ccc(Br)s1)C(C)N. The highest BCUT2D eigenvalue weighted by molar-refractivity contribution is 9.11. The van der Waals surface area contributed by atoms with Gasteiger partial charge in [0.05, 0.1) is 9.83 Å². The molecule has 0 amide bonds. The van der Waals surface area contributed by atoms with Crippen molar-refractivity contribution in [3.8, 4) is 0 Å². The van der Waals surface area contributed by atoms with E-state index >= 15 is 0 Å². The molecule has 4 heteroatoms. The summed E-state index contributed by atoms with van der Waals surface area (Å²) in [6.45, 7) is 8.80. The van der Waals surface area contributed by atoms with Gasteiger partial charge in [-0.1, -0.05) is 13.8 Å². The first-order valence-corrected chi connectivity index (χ1v) is 7.95. The lowest BCUT2D eigenvalue weighted by molar-refractivity contribution is 0.179. The Balaban J connectivity index is 2.89. The summed E-state index contributed by atoms with van der Waals surface area (Å²) in [7, 11) is 0. The van der Waals surface area contributed by atoms with Crippen LogP contribution in [0.15, 0.2) is 15.9 Å². The minimum Gasteiger partial charge on any atom is -0.326 e. The maximum atomic E-state index is 6.19. The molecule has 0 spiro atoms. The first-order chi connectivity index (χ1) is 8.10. The van der Waals surface area contributed by atoms with E-state index in [2.05, 4.69) is 53.7 Å². The third-order valence-corrected chi connectivity index (χ3v) is 4.49. The summed E-state index contributed by atoms with van der Waals surface area (Å²) in [6, 6.07) is 4.83. The highest BCUT2D eigenvalue weighted by atomic mass is 79.9. The average Bonchev–Trinajstić information content (AvgIpc) is 2.65. The number of thiophene rings is 1. The Morgan fingerprint density at radius 1 is 1.29 bits per heavy atom. The summed E-state index contributed by atoms with van der Waals surface area (Å²) in [5.74, 6) is 0. The van der Waals surface area contributed by atoms with Crippen LogP contribution in [0.3, 0.4) is 0 Å². The Bertz CT molecular complexity index is 319. The molecular formula is C13H23BrN2S. The van der Waals surface area contributed by atoms with Crippen LogP contribution in [0.4, 0.5) is 0 Å². The Kier molecular flexibility index (Phi) is 6.70. The highest BCUT2D eigenvalue weighted by Crippen LogP contribution is 2.32. The molecule has 0 aliphatic heterocycles. The smallest absolute Gasteiger partial charge is 0.0702 e. The zero-order valence-corrected chi connectivity index (χ0v) is 13.4. The van der Waals surface area contributed by atoms with Gasteiger partial charge in [0.25, 0.3) is 0 Å². The molecule has 17 heavy (non-hydrogen) atoms. The van der Waals surface area contributed by atoms with Crippen LogP contribution in [0.5, 0.6) is 0 Å². The van der Waals surface area contributed by atoms with Gasteiger partial charge in [0.15, 0.2) is 0 Å². The number of hydrogen-bond donors (Lipinski definition) is 1. The molecule has 2 nitrogen and oxygen atoms in total. The first kappa shape index (κ1) is 15.2.